The summed E-state index contributed by atoms with van der Waals surface area (Å²) in [6.07, 6.45) is 0. The molecule has 0 fully saturated rings. The van der Waals surface area contributed by atoms with E-state index in [4.69, 9.17) is 9.47 Å². The van der Waals surface area contributed by atoms with Crippen LogP contribution in [0.5, 0.6) is 11.5 Å². The molecule has 1 heterocycles. The van der Waals surface area contributed by atoms with Crippen molar-refractivity contribution in [1.82, 2.24) is 15.1 Å². The summed E-state index contributed by atoms with van der Waals surface area (Å²) in [5.74, 6) is 0.918. The number of nitrogens with one attached hydrogen (secondary N) is 1. The van der Waals surface area contributed by atoms with Gasteiger partial charge in [0.05, 0.1) is 26.8 Å². The van der Waals surface area contributed by atoms with Crippen molar-refractivity contribution in [2.75, 3.05) is 14.2 Å². The number of benzene rings is 2. The van der Waals surface area contributed by atoms with Gasteiger partial charge in [-0.3, -0.25) is 9.59 Å². The van der Waals surface area contributed by atoms with E-state index in [9.17, 15) is 9.59 Å². The number of methoxy groups -OCH3 is 2. The summed E-state index contributed by atoms with van der Waals surface area (Å²) in [5.41, 5.74) is 1.59. The van der Waals surface area contributed by atoms with Crippen LogP contribution < -0.4 is 20.3 Å². The SMILES string of the molecule is COc1ccc(OC)c([C@H](C)NC(=O)c2ccc(=O)n(Cc3ccccc3)n2)c1. The van der Waals surface area contributed by atoms with Gasteiger partial charge < -0.3 is 14.8 Å². The van der Waals surface area contributed by atoms with E-state index in [-0.39, 0.29) is 23.2 Å². The first-order valence-corrected chi connectivity index (χ1v) is 9.16. The smallest absolute Gasteiger partial charge is 0.272 e. The number of rotatable bonds is 7. The third-order valence-corrected chi connectivity index (χ3v) is 4.53. The second-order valence-electron chi connectivity index (χ2n) is 6.50. The Hall–Kier alpha value is -3.61. The molecule has 3 rings (SSSR count). The van der Waals surface area contributed by atoms with Gasteiger partial charge in [0.25, 0.3) is 11.5 Å². The zero-order chi connectivity index (χ0) is 20.8. The Labute approximate surface area is 168 Å². The molecule has 3 aromatic rings. The summed E-state index contributed by atoms with van der Waals surface area (Å²) in [7, 11) is 3.15. The molecule has 0 unspecified atom stereocenters. The topological polar surface area (TPSA) is 82.5 Å². The van der Waals surface area contributed by atoms with Crippen molar-refractivity contribution < 1.29 is 14.3 Å². The summed E-state index contributed by atoms with van der Waals surface area (Å²) >= 11 is 0. The number of hydrogen-bond donors (Lipinski definition) is 1. The highest BCUT2D eigenvalue weighted by molar-refractivity contribution is 5.92. The van der Waals surface area contributed by atoms with E-state index in [1.807, 2.05) is 43.3 Å². The van der Waals surface area contributed by atoms with E-state index < -0.39 is 0 Å². The van der Waals surface area contributed by atoms with Gasteiger partial charge in [-0.25, -0.2) is 4.68 Å². The van der Waals surface area contributed by atoms with E-state index in [0.29, 0.717) is 18.0 Å². The molecule has 0 aliphatic heterocycles. The van der Waals surface area contributed by atoms with Gasteiger partial charge in [0, 0.05) is 11.6 Å². The van der Waals surface area contributed by atoms with Crippen LogP contribution in [0, 0.1) is 0 Å². The number of hydrogen-bond acceptors (Lipinski definition) is 5. The predicted octanol–water partition coefficient (Wildman–Crippen LogP) is 2.80. The lowest BCUT2D eigenvalue weighted by molar-refractivity contribution is 0.0932. The van der Waals surface area contributed by atoms with Crippen molar-refractivity contribution in [2.45, 2.75) is 19.5 Å². The Bertz CT molecular complexity index is 1050. The van der Waals surface area contributed by atoms with E-state index in [1.54, 1.807) is 26.4 Å². The number of carbonyl (C=O) groups is 1. The van der Waals surface area contributed by atoms with Crippen LogP contribution in [0.1, 0.15) is 34.6 Å². The number of aromatic nitrogens is 2. The summed E-state index contributed by atoms with van der Waals surface area (Å²) in [5, 5.41) is 7.12. The van der Waals surface area contributed by atoms with E-state index in [0.717, 1.165) is 11.1 Å². The minimum Gasteiger partial charge on any atom is -0.497 e. The normalized spacial score (nSPS) is 11.6. The van der Waals surface area contributed by atoms with Crippen LogP contribution >= 0.6 is 0 Å². The molecule has 0 saturated carbocycles. The van der Waals surface area contributed by atoms with Gasteiger partial charge >= 0.3 is 0 Å². The molecule has 29 heavy (non-hydrogen) atoms. The molecular formula is C22H23N3O4. The third kappa shape index (κ3) is 4.82. The third-order valence-electron chi connectivity index (χ3n) is 4.53. The molecule has 0 saturated heterocycles. The first kappa shape index (κ1) is 20.1. The van der Waals surface area contributed by atoms with Crippen LogP contribution in [0.15, 0.2) is 65.5 Å². The molecule has 1 amide bonds. The summed E-state index contributed by atoms with van der Waals surface area (Å²) < 4.78 is 11.9. The molecule has 0 spiro atoms. The van der Waals surface area contributed by atoms with E-state index >= 15 is 0 Å². The number of amides is 1. The second kappa shape index (κ2) is 9.05. The maximum atomic E-state index is 12.7. The van der Waals surface area contributed by atoms with Crippen molar-refractivity contribution in [1.29, 1.82) is 0 Å². The molecule has 150 valence electrons. The fraction of sp³-hybridized carbons (Fsp3) is 0.227. The van der Waals surface area contributed by atoms with Crippen molar-refractivity contribution in [3.8, 4) is 11.5 Å². The fourth-order valence-corrected chi connectivity index (χ4v) is 2.97. The molecule has 0 bridgehead atoms. The average Bonchev–Trinajstić information content (AvgIpc) is 2.75. The molecule has 0 aliphatic carbocycles. The van der Waals surface area contributed by atoms with Gasteiger partial charge in [0.1, 0.15) is 17.2 Å². The fourth-order valence-electron chi connectivity index (χ4n) is 2.97. The van der Waals surface area contributed by atoms with Gasteiger partial charge in [-0.05, 0) is 36.8 Å². The quantitative estimate of drug-likeness (QED) is 0.667. The largest absolute Gasteiger partial charge is 0.497 e. The van der Waals surface area contributed by atoms with Crippen LogP contribution in [0.3, 0.4) is 0 Å². The van der Waals surface area contributed by atoms with Crippen LogP contribution in [0.4, 0.5) is 0 Å². The Morgan fingerprint density at radius 2 is 1.83 bits per heavy atom. The van der Waals surface area contributed by atoms with Crippen LogP contribution in [0.2, 0.25) is 0 Å². The molecule has 1 aromatic heterocycles. The molecular weight excluding hydrogens is 370 g/mol. The van der Waals surface area contributed by atoms with Crippen LogP contribution in [0.25, 0.3) is 0 Å². The molecule has 0 aliphatic rings. The molecule has 1 atom stereocenters. The van der Waals surface area contributed by atoms with Crippen molar-refractivity contribution in [3.05, 3.63) is 87.8 Å². The Morgan fingerprint density at radius 1 is 1.07 bits per heavy atom. The van der Waals surface area contributed by atoms with Gasteiger partial charge in [0.15, 0.2) is 0 Å². The summed E-state index contributed by atoms with van der Waals surface area (Å²) in [6, 6.07) is 17.3. The lowest BCUT2D eigenvalue weighted by atomic mass is 10.1. The van der Waals surface area contributed by atoms with Crippen molar-refractivity contribution >= 4 is 5.91 Å². The molecule has 1 N–H and O–H groups in total. The minimum absolute atomic E-state index is 0.161. The van der Waals surface area contributed by atoms with E-state index in [1.165, 1.54) is 16.8 Å². The van der Waals surface area contributed by atoms with Gasteiger partial charge in [-0.1, -0.05) is 30.3 Å². The number of carbonyl (C=O) groups excluding carboxylic acids is 1. The maximum Gasteiger partial charge on any atom is 0.272 e. The standard InChI is InChI=1S/C22H23N3O4/c1-15(18-13-17(28-2)9-11-20(18)29-3)23-22(27)19-10-12-21(26)25(24-19)14-16-7-5-4-6-8-16/h4-13,15H,14H2,1-3H3,(H,23,27)/t15-/m0/s1. The Kier molecular flexibility index (Phi) is 6.29. The predicted molar refractivity (Wildman–Crippen MR) is 109 cm³/mol. The summed E-state index contributed by atoms with van der Waals surface area (Å²) in [6.45, 7) is 2.13. The first-order chi connectivity index (χ1) is 14.0. The molecule has 7 heteroatoms. The number of ether oxygens (including phenoxy) is 2. The number of nitrogens with zero attached hydrogens (tertiary/aromatic N) is 2. The van der Waals surface area contributed by atoms with Crippen LogP contribution in [-0.2, 0) is 6.54 Å². The van der Waals surface area contributed by atoms with E-state index in [2.05, 4.69) is 10.4 Å². The zero-order valence-electron chi connectivity index (χ0n) is 16.6. The lowest BCUT2D eigenvalue weighted by Gasteiger charge is -2.18. The van der Waals surface area contributed by atoms with Gasteiger partial charge in [-0.2, -0.15) is 5.10 Å². The highest BCUT2D eigenvalue weighted by Gasteiger charge is 2.18. The average molecular weight is 393 g/mol. The second-order valence-corrected chi connectivity index (χ2v) is 6.50. The highest BCUT2D eigenvalue weighted by Crippen LogP contribution is 2.29. The Morgan fingerprint density at radius 3 is 2.52 bits per heavy atom. The maximum absolute atomic E-state index is 12.7. The monoisotopic (exact) mass is 393 g/mol. The van der Waals surface area contributed by atoms with Crippen LogP contribution in [-0.4, -0.2) is 29.9 Å². The molecule has 0 radical (unpaired) electrons. The Balaban J connectivity index is 1.80. The van der Waals surface area contributed by atoms with Crippen molar-refractivity contribution in [2.24, 2.45) is 0 Å². The zero-order valence-corrected chi connectivity index (χ0v) is 16.6. The lowest BCUT2D eigenvalue weighted by Crippen LogP contribution is -2.31. The minimum atomic E-state index is -0.385. The molecule has 2 aromatic carbocycles. The van der Waals surface area contributed by atoms with Gasteiger partial charge in [0.2, 0.25) is 0 Å². The first-order valence-electron chi connectivity index (χ1n) is 9.16. The van der Waals surface area contributed by atoms with Crippen molar-refractivity contribution in [3.63, 3.8) is 0 Å². The van der Waals surface area contributed by atoms with Gasteiger partial charge in [-0.15, -0.1) is 0 Å². The molecule has 7 nitrogen and oxygen atoms in total. The summed E-state index contributed by atoms with van der Waals surface area (Å²) in [4.78, 5) is 24.9. The highest BCUT2D eigenvalue weighted by atomic mass is 16.5.